The Labute approximate surface area is 476 Å². The molecule has 20 nitrogen and oxygen atoms in total. The first-order valence-corrected chi connectivity index (χ1v) is 29.7. The van der Waals surface area contributed by atoms with Crippen LogP contribution in [0, 0.1) is 0 Å². The van der Waals surface area contributed by atoms with Crippen LogP contribution in [0.25, 0.3) is 0 Å². The maximum Gasteiger partial charge on any atom is 0.252 e. The minimum Gasteiger partial charge on any atom is -0.380 e. The van der Waals surface area contributed by atoms with Crippen LogP contribution < -0.4 is 20.1 Å². The summed E-state index contributed by atoms with van der Waals surface area (Å²) in [6, 6.07) is 20.9. The summed E-state index contributed by atoms with van der Waals surface area (Å²) < 4.78 is 90.4. The lowest BCUT2D eigenvalue weighted by molar-refractivity contribution is -0.146. The molecule has 4 aromatic rings. The Morgan fingerprint density at radius 2 is 0.859 bits per heavy atom. The van der Waals surface area contributed by atoms with Crippen molar-refractivity contribution in [2.45, 2.75) is 46.9 Å². The molecule has 0 saturated carbocycles. The number of likely N-dealkylation sites (N-methyl/N-ethyl adjacent to an activating group) is 2. The smallest absolute Gasteiger partial charge is 0.252 e. The average Bonchev–Trinajstić information content (AvgIpc) is 3.50. The highest BCUT2D eigenvalue weighted by Crippen LogP contribution is 2.40. The topological polar surface area (TPSA) is 253 Å². The first-order valence-electron chi connectivity index (χ1n) is 25.2. The zero-order valence-electron chi connectivity index (χ0n) is 43.4. The molecule has 2 aliphatic heterocycles. The van der Waals surface area contributed by atoms with Gasteiger partial charge in [-0.05, 0) is 96.0 Å². The molecule has 6 N–H and O–H groups in total. The summed E-state index contributed by atoms with van der Waals surface area (Å²) in [4.78, 5) is 29.1. The second-order valence-electron chi connectivity index (χ2n) is 18.5. The number of aliphatic hydroxyl groups is 2. The quantitative estimate of drug-likeness (QED) is 0.0372. The molecule has 0 fully saturated rings. The number of sulfonamides is 2. The molecule has 0 saturated heterocycles. The van der Waals surface area contributed by atoms with Gasteiger partial charge < -0.3 is 59.1 Å². The zero-order valence-corrected chi connectivity index (χ0v) is 48.1. The fourth-order valence-electron chi connectivity index (χ4n) is 8.79. The molecular formula is C52H68Cl4N6O14S2. The number of hydrogen-bond acceptors (Lipinski definition) is 16. The number of carbonyl (C=O) groups excluding carboxylic acids is 2. The minimum absolute atomic E-state index is 0.00803. The van der Waals surface area contributed by atoms with Crippen molar-refractivity contribution in [2.75, 3.05) is 133 Å². The fourth-order valence-corrected chi connectivity index (χ4v) is 12.1. The van der Waals surface area contributed by atoms with Gasteiger partial charge in [0, 0.05) is 84.3 Å². The zero-order chi connectivity index (χ0) is 56.2. The fraction of sp³-hybridized carbons (Fsp3) is 0.500. The number of benzene rings is 4. The number of amides is 2. The third kappa shape index (κ3) is 19.3. The normalized spacial score (nSPS) is 16.8. The Morgan fingerprint density at radius 3 is 1.22 bits per heavy atom. The second kappa shape index (κ2) is 31.6. The van der Waals surface area contributed by atoms with Gasteiger partial charge in [-0.1, -0.05) is 70.7 Å². The van der Waals surface area contributed by atoms with E-state index in [4.69, 9.17) is 74.8 Å². The lowest BCUT2D eigenvalue weighted by Crippen LogP contribution is -2.50. The number of fused-ring (bicyclic) bond motifs is 2. The molecule has 78 heavy (non-hydrogen) atoms. The molecule has 0 radical (unpaired) electrons. The van der Waals surface area contributed by atoms with Gasteiger partial charge in [-0.15, -0.1) is 0 Å². The van der Waals surface area contributed by atoms with Gasteiger partial charge >= 0.3 is 0 Å². The van der Waals surface area contributed by atoms with Crippen molar-refractivity contribution >= 4 is 78.3 Å². The summed E-state index contributed by atoms with van der Waals surface area (Å²) in [6.07, 6.45) is -4.04. The summed E-state index contributed by atoms with van der Waals surface area (Å²) in [5.41, 5.74) is 5.57. The van der Waals surface area contributed by atoms with E-state index in [-0.39, 0.29) is 127 Å². The van der Waals surface area contributed by atoms with Gasteiger partial charge in [-0.3, -0.25) is 9.59 Å². The number of aliphatic hydroxyl groups excluding tert-OH is 2. The molecule has 2 heterocycles. The number of nitrogens with zero attached hydrogens (tertiary/aromatic N) is 2. The van der Waals surface area contributed by atoms with Gasteiger partial charge in [0.25, 0.3) is 11.8 Å². The largest absolute Gasteiger partial charge is 0.380 e. The molecule has 0 bridgehead atoms. The molecule has 2 aliphatic rings. The molecule has 0 aliphatic carbocycles. The molecule has 0 aromatic heterocycles. The number of hydrogen-bond donors (Lipinski definition) is 6. The van der Waals surface area contributed by atoms with Gasteiger partial charge in [-0.25, -0.2) is 26.3 Å². The van der Waals surface area contributed by atoms with Crippen molar-refractivity contribution in [2.24, 2.45) is 0 Å². The summed E-state index contributed by atoms with van der Waals surface area (Å²) >= 11 is 25.7. The van der Waals surface area contributed by atoms with Crippen LogP contribution in [0.4, 0.5) is 0 Å². The highest BCUT2D eigenvalue weighted by molar-refractivity contribution is 7.89. The Kier molecular flexibility index (Phi) is 25.7. The van der Waals surface area contributed by atoms with Crippen molar-refractivity contribution in [3.63, 3.8) is 0 Å². The van der Waals surface area contributed by atoms with E-state index in [0.29, 0.717) is 46.3 Å². The molecule has 430 valence electrons. The van der Waals surface area contributed by atoms with Crippen LogP contribution >= 0.6 is 46.4 Å². The molecule has 2 unspecified atom stereocenters. The van der Waals surface area contributed by atoms with E-state index in [0.717, 1.165) is 33.4 Å². The first kappa shape index (κ1) is 63.6. The van der Waals surface area contributed by atoms with Crippen LogP contribution in [0.2, 0.25) is 20.1 Å². The van der Waals surface area contributed by atoms with Crippen LogP contribution in [-0.4, -0.2) is 194 Å². The predicted molar refractivity (Wildman–Crippen MR) is 295 cm³/mol. The van der Waals surface area contributed by atoms with Crippen molar-refractivity contribution in [1.82, 2.24) is 29.9 Å². The Bertz CT molecular complexity index is 2650. The van der Waals surface area contributed by atoms with Gasteiger partial charge in [0.1, 0.15) is 0 Å². The van der Waals surface area contributed by atoms with E-state index in [1.807, 2.05) is 38.4 Å². The van der Waals surface area contributed by atoms with Gasteiger partial charge in [0.15, 0.2) is 12.2 Å². The predicted octanol–water partition coefficient (Wildman–Crippen LogP) is 3.77. The lowest BCUT2D eigenvalue weighted by Gasteiger charge is -2.33. The maximum absolute atomic E-state index is 13.1. The molecule has 4 aromatic carbocycles. The number of carbonyl (C=O) groups is 2. The molecule has 6 rings (SSSR count). The lowest BCUT2D eigenvalue weighted by atomic mass is 9.85. The minimum atomic E-state index is -3.82. The molecular weight excluding hydrogens is 1140 g/mol. The van der Waals surface area contributed by atoms with Crippen LogP contribution in [0.15, 0.2) is 82.6 Å². The van der Waals surface area contributed by atoms with Crippen molar-refractivity contribution in [3.05, 3.63) is 126 Å². The highest BCUT2D eigenvalue weighted by Gasteiger charge is 2.32. The van der Waals surface area contributed by atoms with Crippen LogP contribution in [0.5, 0.6) is 0 Å². The standard InChI is InChI=1S/C52H68Cl4N6O14S2/c1-61-31-43(41-27-37(53)29-47(55)45(41)33-61)35-5-3-7-39(25-35)77(67,68)59-11-15-73-19-23-75-21-17-71-13-9-57-51(65)49(63)50(64)52(66)58-10-14-72-18-22-76-24-20-74-16-12-60-78(69,70)40-8-4-6-36(26-40)44-32-62(2)34-46-42(44)28-38(54)30-48(46)56/h3-8,25-30,43-44,49-50,59-60,63-64H,9-24,31-34H2,1-2H3,(H,57,65)(H,58,66)/t43?,44?,49-,50-/m0/s1. The second-order valence-corrected chi connectivity index (χ2v) is 23.7. The third-order valence-electron chi connectivity index (χ3n) is 12.6. The highest BCUT2D eigenvalue weighted by atomic mass is 35.5. The van der Waals surface area contributed by atoms with E-state index in [2.05, 4.69) is 29.9 Å². The number of rotatable bonds is 33. The summed E-state index contributed by atoms with van der Waals surface area (Å²) in [6.45, 7) is 4.80. The Morgan fingerprint density at radius 1 is 0.526 bits per heavy atom. The summed E-state index contributed by atoms with van der Waals surface area (Å²) in [5, 5.41) is 27.3. The summed E-state index contributed by atoms with van der Waals surface area (Å²) in [7, 11) is -3.67. The monoisotopic (exact) mass is 1200 g/mol. The average molecular weight is 1210 g/mol. The van der Waals surface area contributed by atoms with Gasteiger partial charge in [0.2, 0.25) is 20.0 Å². The maximum atomic E-state index is 13.1. The molecule has 26 heteroatoms. The van der Waals surface area contributed by atoms with Crippen molar-refractivity contribution < 1.29 is 65.1 Å². The van der Waals surface area contributed by atoms with E-state index in [9.17, 15) is 36.6 Å². The van der Waals surface area contributed by atoms with Gasteiger partial charge in [0.05, 0.1) is 89.1 Å². The van der Waals surface area contributed by atoms with Crippen LogP contribution in [0.1, 0.15) is 45.2 Å². The van der Waals surface area contributed by atoms with E-state index in [1.165, 1.54) is 0 Å². The van der Waals surface area contributed by atoms with E-state index < -0.39 is 44.1 Å². The SMILES string of the molecule is CN1Cc2c(Cl)cc(Cl)cc2C(c2cccc(S(=O)(=O)NCCOCCOCCOCCNC(=O)[C@@H](O)[C@H](O)C(=O)NCCOCCOCCOCCNS(=O)(=O)c3cccc(C4CN(C)Cc5c(Cl)cc(Cl)cc54)c3)c2)C1. The Balaban J connectivity index is 0.717. The van der Waals surface area contributed by atoms with Crippen LogP contribution in [-0.2, 0) is 71.1 Å². The Hall–Kier alpha value is -3.60. The molecule has 2 amide bonds. The number of halogens is 4. The first-order chi connectivity index (χ1) is 37.3. The third-order valence-corrected chi connectivity index (χ3v) is 16.6. The summed E-state index contributed by atoms with van der Waals surface area (Å²) in [5.74, 6) is -2.15. The van der Waals surface area contributed by atoms with Crippen LogP contribution in [0.3, 0.4) is 0 Å². The van der Waals surface area contributed by atoms with Gasteiger partial charge in [-0.2, -0.15) is 0 Å². The number of ether oxygens (including phenoxy) is 6. The number of nitrogens with one attached hydrogen (secondary N) is 4. The molecule has 0 spiro atoms. The molecule has 4 atom stereocenters. The van der Waals surface area contributed by atoms with Crippen molar-refractivity contribution in [3.8, 4) is 0 Å². The van der Waals surface area contributed by atoms with Crippen molar-refractivity contribution in [1.29, 1.82) is 0 Å². The van der Waals surface area contributed by atoms with E-state index in [1.54, 1.807) is 48.5 Å². The van der Waals surface area contributed by atoms with E-state index >= 15 is 0 Å².